The number of rotatable bonds is 33. The molecule has 0 aliphatic rings. The summed E-state index contributed by atoms with van der Waals surface area (Å²) in [5.41, 5.74) is 34.1. The number of carbonyl (C=O) groups is 6. The number of aliphatic hydroxyl groups is 1. The number of carbonyl (C=O) groups excluding carboxylic acids is 6. The zero-order valence-corrected chi connectivity index (χ0v) is 32.9. The van der Waals surface area contributed by atoms with Crippen molar-refractivity contribution in [3.63, 3.8) is 0 Å². The van der Waals surface area contributed by atoms with Crippen molar-refractivity contribution in [2.45, 2.75) is 77.7 Å². The maximum absolute atomic E-state index is 13.8. The van der Waals surface area contributed by atoms with Crippen molar-refractivity contribution >= 4 is 35.4 Å². The van der Waals surface area contributed by atoms with Crippen molar-refractivity contribution in [3.8, 4) is 0 Å². The van der Waals surface area contributed by atoms with E-state index in [1.54, 1.807) is 4.90 Å². The lowest BCUT2D eigenvalue weighted by atomic mass is 10.1. The summed E-state index contributed by atoms with van der Waals surface area (Å²) < 4.78 is 0. The molecule has 0 saturated heterocycles. The number of primary amides is 1. The number of hydrogen-bond donors (Lipinski definition) is 8. The van der Waals surface area contributed by atoms with Crippen LogP contribution in [0.2, 0.25) is 0 Å². The second-order valence-corrected chi connectivity index (χ2v) is 13.9. The van der Waals surface area contributed by atoms with E-state index in [-0.39, 0.29) is 70.2 Å². The number of unbranched alkanes of at least 4 members (excludes halogenated alkanes) is 4. The lowest BCUT2D eigenvalue weighted by molar-refractivity contribution is -0.146. The molecule has 0 rings (SSSR count). The Morgan fingerprint density at radius 3 is 1.43 bits per heavy atom. The van der Waals surface area contributed by atoms with Gasteiger partial charge in [0, 0.05) is 32.7 Å². The molecule has 0 aliphatic carbocycles. The van der Waals surface area contributed by atoms with Crippen LogP contribution in [0.3, 0.4) is 0 Å². The first-order chi connectivity index (χ1) is 25.7. The number of aliphatic hydroxyl groups excluding tert-OH is 1. The molecular formula is C35H72N12O7. The summed E-state index contributed by atoms with van der Waals surface area (Å²) >= 11 is 0. The molecule has 0 aromatic carbocycles. The molecule has 0 heterocycles. The minimum absolute atomic E-state index is 0.0150. The van der Waals surface area contributed by atoms with E-state index in [9.17, 15) is 33.9 Å². The highest BCUT2D eigenvalue weighted by Gasteiger charge is 2.28. The molecule has 0 aromatic heterocycles. The van der Waals surface area contributed by atoms with Gasteiger partial charge >= 0.3 is 0 Å². The molecule has 0 fully saturated rings. The van der Waals surface area contributed by atoms with Crippen molar-refractivity contribution in [2.24, 2.45) is 40.3 Å². The highest BCUT2D eigenvalue weighted by molar-refractivity contribution is 5.91. The van der Waals surface area contributed by atoms with Crippen LogP contribution in [0.5, 0.6) is 0 Å². The third-order valence-corrected chi connectivity index (χ3v) is 8.51. The Balaban J connectivity index is 5.94. The molecule has 0 spiro atoms. The quantitative estimate of drug-likeness (QED) is 0.0237. The van der Waals surface area contributed by atoms with Crippen LogP contribution in [-0.2, 0) is 28.8 Å². The number of nitrogens with one attached hydrogen (secondary N) is 1. The van der Waals surface area contributed by atoms with Gasteiger partial charge in [-0.05, 0) is 83.5 Å². The molecule has 1 atom stereocenters. The number of nitrogens with zero attached hydrogens (tertiary/aromatic N) is 5. The summed E-state index contributed by atoms with van der Waals surface area (Å²) in [4.78, 5) is 85.6. The van der Waals surface area contributed by atoms with Crippen molar-refractivity contribution < 1.29 is 33.9 Å². The molecule has 54 heavy (non-hydrogen) atoms. The van der Waals surface area contributed by atoms with Gasteiger partial charge in [0.1, 0.15) is 0 Å². The van der Waals surface area contributed by atoms with E-state index in [4.69, 9.17) is 34.4 Å². The smallest absolute Gasteiger partial charge is 0.242 e. The molecule has 19 heteroatoms. The van der Waals surface area contributed by atoms with Gasteiger partial charge in [0.05, 0.1) is 52.0 Å². The standard InChI is InChI=1S/C35H72N12O7/c1-28(2)22-47(31(50)21-42-27-46(18-10-7-15-39)35(54)29(40)11-3-4-12-36)26-34(53)44(17-9-6-14-38)24-32(51)43(16-8-5-13-37)25-33(52)45(19-20-48)23-30(41)49/h28-29,42,48H,3-27,36-40H2,1-2H3,(H2,41,49). The van der Waals surface area contributed by atoms with E-state index in [1.165, 1.54) is 14.7 Å². The normalized spacial score (nSPS) is 11.6. The van der Waals surface area contributed by atoms with Gasteiger partial charge in [-0.2, -0.15) is 0 Å². The molecular weight excluding hydrogens is 700 g/mol. The molecule has 0 radical (unpaired) electrons. The predicted molar refractivity (Wildman–Crippen MR) is 208 cm³/mol. The summed E-state index contributed by atoms with van der Waals surface area (Å²) in [5.74, 6) is -2.89. The fourth-order valence-electron chi connectivity index (χ4n) is 5.55. The first kappa shape index (κ1) is 50.5. The number of hydrogen-bond acceptors (Lipinski definition) is 13. The Bertz CT molecular complexity index is 1100. The largest absolute Gasteiger partial charge is 0.395 e. The first-order valence-electron chi connectivity index (χ1n) is 19.3. The van der Waals surface area contributed by atoms with Crippen LogP contribution >= 0.6 is 0 Å². The number of amides is 6. The van der Waals surface area contributed by atoms with Crippen molar-refractivity contribution in [2.75, 3.05) is 105 Å². The highest BCUT2D eigenvalue weighted by Crippen LogP contribution is 2.08. The van der Waals surface area contributed by atoms with Gasteiger partial charge in [0.25, 0.3) is 0 Å². The van der Waals surface area contributed by atoms with Crippen molar-refractivity contribution in [3.05, 3.63) is 0 Å². The number of nitrogens with two attached hydrogens (primary N) is 6. The third kappa shape index (κ3) is 22.7. The van der Waals surface area contributed by atoms with Crippen LogP contribution in [0.25, 0.3) is 0 Å². The van der Waals surface area contributed by atoms with Crippen LogP contribution in [-0.4, -0.2) is 176 Å². The molecule has 6 amide bonds. The zero-order valence-electron chi connectivity index (χ0n) is 32.9. The molecule has 0 aliphatic heterocycles. The van der Waals surface area contributed by atoms with Crippen LogP contribution < -0.4 is 39.7 Å². The average Bonchev–Trinajstić information content (AvgIpc) is 3.12. The van der Waals surface area contributed by atoms with E-state index < -0.39 is 49.4 Å². The molecule has 0 aromatic rings. The Hall–Kier alpha value is -3.46. The summed E-state index contributed by atoms with van der Waals surface area (Å²) in [6, 6.07) is -0.695. The average molecular weight is 773 g/mol. The molecule has 0 saturated carbocycles. The Morgan fingerprint density at radius 1 is 0.574 bits per heavy atom. The minimum atomic E-state index is -0.767. The van der Waals surface area contributed by atoms with Crippen molar-refractivity contribution in [1.82, 2.24) is 29.8 Å². The second kappa shape index (κ2) is 30.8. The second-order valence-electron chi connectivity index (χ2n) is 13.9. The lowest BCUT2D eigenvalue weighted by Crippen LogP contribution is -2.52. The minimum Gasteiger partial charge on any atom is -0.395 e. The van der Waals surface area contributed by atoms with Crippen molar-refractivity contribution in [1.29, 1.82) is 0 Å². The molecule has 19 nitrogen and oxygen atoms in total. The van der Waals surface area contributed by atoms with Crippen LogP contribution in [0.4, 0.5) is 0 Å². The summed E-state index contributed by atoms with van der Waals surface area (Å²) in [6.45, 7) is 4.54. The van der Waals surface area contributed by atoms with Gasteiger partial charge < -0.3 is 64.0 Å². The van der Waals surface area contributed by atoms with Gasteiger partial charge in [0.15, 0.2) is 0 Å². The van der Waals surface area contributed by atoms with E-state index in [0.29, 0.717) is 71.2 Å². The maximum atomic E-state index is 13.8. The Kier molecular flexibility index (Phi) is 28.8. The molecule has 314 valence electrons. The zero-order chi connectivity index (χ0) is 40.9. The monoisotopic (exact) mass is 773 g/mol. The van der Waals surface area contributed by atoms with Gasteiger partial charge in [0.2, 0.25) is 35.4 Å². The Labute approximate surface area is 321 Å². The summed E-state index contributed by atoms with van der Waals surface area (Å²) in [5, 5.41) is 12.4. The molecule has 1 unspecified atom stereocenters. The SMILES string of the molecule is CC(C)CN(CC(=O)N(CCCCN)CC(=O)N(CCCCN)CC(=O)N(CCO)CC(N)=O)C(=O)CNCN(CCCCN)C(=O)C(N)CCCCN. The van der Waals surface area contributed by atoms with Gasteiger partial charge in [-0.1, -0.05) is 20.3 Å². The van der Waals surface area contributed by atoms with Gasteiger partial charge in [-0.25, -0.2) is 0 Å². The summed E-state index contributed by atoms with van der Waals surface area (Å²) in [7, 11) is 0. The predicted octanol–water partition coefficient (Wildman–Crippen LogP) is -3.52. The fourth-order valence-corrected chi connectivity index (χ4v) is 5.55. The maximum Gasteiger partial charge on any atom is 0.242 e. The van der Waals surface area contributed by atoms with Crippen LogP contribution in [0.15, 0.2) is 0 Å². The lowest BCUT2D eigenvalue weighted by Gasteiger charge is -2.31. The van der Waals surface area contributed by atoms with Crippen LogP contribution in [0.1, 0.15) is 71.6 Å². The first-order valence-corrected chi connectivity index (χ1v) is 19.3. The third-order valence-electron chi connectivity index (χ3n) is 8.51. The fraction of sp³-hybridized carbons (Fsp3) is 0.829. The van der Waals surface area contributed by atoms with E-state index in [2.05, 4.69) is 5.32 Å². The van der Waals surface area contributed by atoms with E-state index in [1.807, 2.05) is 13.8 Å². The Morgan fingerprint density at radius 2 is 1.00 bits per heavy atom. The molecule has 0 bridgehead atoms. The van der Waals surface area contributed by atoms with Gasteiger partial charge in [-0.15, -0.1) is 0 Å². The van der Waals surface area contributed by atoms with Crippen LogP contribution in [0, 0.1) is 5.92 Å². The molecule has 14 N–H and O–H groups in total. The van der Waals surface area contributed by atoms with Gasteiger partial charge in [-0.3, -0.25) is 34.1 Å². The summed E-state index contributed by atoms with van der Waals surface area (Å²) in [6.07, 6.45) is 5.56. The van der Waals surface area contributed by atoms with E-state index >= 15 is 0 Å². The topological polar surface area (TPSA) is 307 Å². The highest BCUT2D eigenvalue weighted by atomic mass is 16.3. The van der Waals surface area contributed by atoms with E-state index in [0.717, 1.165) is 24.2 Å².